The topological polar surface area (TPSA) is 65.0 Å². The van der Waals surface area contributed by atoms with Crippen LogP contribution >= 0.6 is 0 Å². The highest BCUT2D eigenvalue weighted by molar-refractivity contribution is 5.69. The Hall–Kier alpha value is -1.17. The van der Waals surface area contributed by atoms with Gasteiger partial charge >= 0.3 is 5.97 Å². The van der Waals surface area contributed by atoms with Crippen molar-refractivity contribution in [2.75, 3.05) is 19.8 Å². The average molecular weight is 379 g/mol. The van der Waals surface area contributed by atoms with Gasteiger partial charge in [-0.15, -0.1) is 0 Å². The summed E-state index contributed by atoms with van der Waals surface area (Å²) < 4.78 is 16.9. The molecule has 0 spiro atoms. The molecule has 0 aromatic carbocycles. The Kier molecular flexibility index (Phi) is 7.92. The van der Waals surface area contributed by atoms with E-state index in [-0.39, 0.29) is 30.9 Å². The number of aliphatic hydroxyl groups is 1. The van der Waals surface area contributed by atoms with Crippen LogP contribution in [-0.2, 0) is 19.0 Å². The molecule has 0 aromatic rings. The highest BCUT2D eigenvalue weighted by atomic mass is 16.7. The Labute approximate surface area is 162 Å². The molecule has 27 heavy (non-hydrogen) atoms. The lowest BCUT2D eigenvalue weighted by Gasteiger charge is -2.30. The second kappa shape index (κ2) is 10.4. The van der Waals surface area contributed by atoms with Crippen LogP contribution in [0.3, 0.4) is 0 Å². The van der Waals surface area contributed by atoms with E-state index in [4.69, 9.17) is 14.2 Å². The number of fused-ring (bicyclic) bond motifs is 1. The van der Waals surface area contributed by atoms with E-state index in [0.717, 1.165) is 45.1 Å². The first kappa shape index (κ1) is 20.6. The van der Waals surface area contributed by atoms with Crippen LogP contribution in [0.5, 0.6) is 0 Å². The molecule has 2 fully saturated rings. The number of hydrogen-bond donors (Lipinski definition) is 1. The molecule has 5 heteroatoms. The minimum atomic E-state index is -0.133. The van der Waals surface area contributed by atoms with Crippen molar-refractivity contribution in [2.24, 2.45) is 17.8 Å². The normalized spacial score (nSPS) is 33.7. The zero-order chi connectivity index (χ0) is 19.1. The Bertz CT molecular complexity index is 535. The smallest absolute Gasteiger partial charge is 0.306 e. The van der Waals surface area contributed by atoms with Crippen molar-refractivity contribution in [3.05, 3.63) is 23.8 Å². The van der Waals surface area contributed by atoms with Crippen molar-refractivity contribution in [3.8, 4) is 0 Å². The predicted octanol–water partition coefficient (Wildman–Crippen LogP) is 3.76. The largest absolute Gasteiger partial charge is 0.466 e. The van der Waals surface area contributed by atoms with Crippen molar-refractivity contribution in [3.63, 3.8) is 0 Å². The lowest BCUT2D eigenvalue weighted by atomic mass is 9.79. The van der Waals surface area contributed by atoms with E-state index < -0.39 is 0 Å². The van der Waals surface area contributed by atoms with Gasteiger partial charge in [-0.25, -0.2) is 0 Å². The van der Waals surface area contributed by atoms with Gasteiger partial charge in [-0.3, -0.25) is 4.79 Å². The van der Waals surface area contributed by atoms with E-state index >= 15 is 0 Å². The van der Waals surface area contributed by atoms with Gasteiger partial charge in [0.1, 0.15) is 0 Å². The minimum absolute atomic E-state index is 0.0934. The SMILES string of the molecule is CCOC(=O)CCC=CC1=C[C@@H]2C[C@@H](OC3CCCCO3)[C@@H](CO)[C@@H]2CC1. The first-order valence-electron chi connectivity index (χ1n) is 10.6. The molecule has 1 heterocycles. The molecule has 3 aliphatic rings. The van der Waals surface area contributed by atoms with Gasteiger partial charge in [0.15, 0.2) is 6.29 Å². The fourth-order valence-electron chi connectivity index (χ4n) is 4.75. The number of carbonyl (C=O) groups is 1. The lowest BCUT2D eigenvalue weighted by molar-refractivity contribution is -0.198. The Morgan fingerprint density at radius 1 is 1.37 bits per heavy atom. The van der Waals surface area contributed by atoms with E-state index in [0.29, 0.717) is 31.3 Å². The number of ether oxygens (including phenoxy) is 3. The third-order valence-electron chi connectivity index (χ3n) is 6.10. The summed E-state index contributed by atoms with van der Waals surface area (Å²) in [5.74, 6) is 1.05. The number of esters is 1. The molecule has 3 rings (SSSR count). The molecule has 1 saturated heterocycles. The third kappa shape index (κ3) is 5.66. The summed E-state index contributed by atoms with van der Waals surface area (Å²) in [6.07, 6.45) is 14.1. The molecule has 1 unspecified atom stereocenters. The standard InChI is InChI=1S/C22H34O5/c1-2-25-21(24)8-4-3-7-16-10-11-18-17(13-16)14-20(19(18)15-23)27-22-9-5-6-12-26-22/h3,7,13,17-20,22-23H,2,4-6,8-12,14-15H2,1H3/t17-,18-,19+,20-,22?/m1/s1. The van der Waals surface area contributed by atoms with Gasteiger partial charge in [-0.2, -0.15) is 0 Å². The van der Waals surface area contributed by atoms with Crippen LogP contribution in [0.1, 0.15) is 58.3 Å². The molecule has 1 aliphatic heterocycles. The highest BCUT2D eigenvalue weighted by Crippen LogP contribution is 2.46. The second-order valence-electron chi connectivity index (χ2n) is 7.91. The molecule has 0 amide bonds. The van der Waals surface area contributed by atoms with Gasteiger partial charge in [-0.1, -0.05) is 23.8 Å². The summed E-state index contributed by atoms with van der Waals surface area (Å²) in [5.41, 5.74) is 1.34. The Morgan fingerprint density at radius 3 is 3.00 bits per heavy atom. The molecule has 5 nitrogen and oxygen atoms in total. The fourth-order valence-corrected chi connectivity index (χ4v) is 4.75. The lowest BCUT2D eigenvalue weighted by Crippen LogP contribution is -2.33. The van der Waals surface area contributed by atoms with Crippen LogP contribution < -0.4 is 0 Å². The van der Waals surface area contributed by atoms with Crippen LogP contribution in [0.15, 0.2) is 23.8 Å². The first-order valence-corrected chi connectivity index (χ1v) is 10.6. The van der Waals surface area contributed by atoms with Gasteiger partial charge in [-0.05, 0) is 63.7 Å². The molecular formula is C22H34O5. The molecule has 0 aromatic heterocycles. The van der Waals surface area contributed by atoms with E-state index in [2.05, 4.69) is 18.2 Å². The maximum atomic E-state index is 11.4. The average Bonchev–Trinajstić information content (AvgIpc) is 3.02. The van der Waals surface area contributed by atoms with Crippen molar-refractivity contribution in [1.29, 1.82) is 0 Å². The van der Waals surface area contributed by atoms with E-state index in [1.54, 1.807) is 0 Å². The van der Waals surface area contributed by atoms with Gasteiger partial charge in [0.05, 0.1) is 12.7 Å². The van der Waals surface area contributed by atoms with Crippen molar-refractivity contribution >= 4 is 5.97 Å². The monoisotopic (exact) mass is 378 g/mol. The maximum absolute atomic E-state index is 11.4. The van der Waals surface area contributed by atoms with Crippen LogP contribution in [0.4, 0.5) is 0 Å². The summed E-state index contributed by atoms with van der Waals surface area (Å²) in [7, 11) is 0. The molecule has 0 radical (unpaired) electrons. The Morgan fingerprint density at radius 2 is 2.26 bits per heavy atom. The number of carbonyl (C=O) groups excluding carboxylic acids is 1. The van der Waals surface area contributed by atoms with Gasteiger partial charge in [0.25, 0.3) is 0 Å². The van der Waals surface area contributed by atoms with Gasteiger partial charge in [0.2, 0.25) is 0 Å². The number of hydrogen-bond acceptors (Lipinski definition) is 5. The van der Waals surface area contributed by atoms with Gasteiger partial charge in [0, 0.05) is 25.6 Å². The molecule has 5 atom stereocenters. The molecule has 1 saturated carbocycles. The minimum Gasteiger partial charge on any atom is -0.466 e. The summed E-state index contributed by atoms with van der Waals surface area (Å²) in [6, 6.07) is 0. The van der Waals surface area contributed by atoms with Crippen LogP contribution in [0.25, 0.3) is 0 Å². The van der Waals surface area contributed by atoms with Crippen molar-refractivity contribution < 1.29 is 24.1 Å². The van der Waals surface area contributed by atoms with E-state index in [9.17, 15) is 9.90 Å². The van der Waals surface area contributed by atoms with Crippen molar-refractivity contribution in [2.45, 2.75) is 70.7 Å². The Balaban J connectivity index is 1.52. The highest BCUT2D eigenvalue weighted by Gasteiger charge is 2.44. The zero-order valence-corrected chi connectivity index (χ0v) is 16.5. The van der Waals surface area contributed by atoms with Crippen LogP contribution in [0.2, 0.25) is 0 Å². The summed E-state index contributed by atoms with van der Waals surface area (Å²) in [6.45, 7) is 3.25. The molecule has 2 aliphatic carbocycles. The van der Waals surface area contributed by atoms with Crippen molar-refractivity contribution in [1.82, 2.24) is 0 Å². The molecule has 0 bridgehead atoms. The maximum Gasteiger partial charge on any atom is 0.306 e. The summed E-state index contributed by atoms with van der Waals surface area (Å²) >= 11 is 0. The first-order chi connectivity index (χ1) is 13.2. The number of aliphatic hydroxyl groups excluding tert-OH is 1. The predicted molar refractivity (Wildman–Crippen MR) is 103 cm³/mol. The second-order valence-corrected chi connectivity index (χ2v) is 7.91. The molecular weight excluding hydrogens is 344 g/mol. The number of allylic oxidation sites excluding steroid dienone is 4. The summed E-state index contributed by atoms with van der Waals surface area (Å²) in [5, 5.41) is 9.94. The molecule has 152 valence electrons. The van der Waals surface area contributed by atoms with Crippen LogP contribution in [0, 0.1) is 17.8 Å². The van der Waals surface area contributed by atoms with Gasteiger partial charge < -0.3 is 19.3 Å². The van der Waals surface area contributed by atoms with E-state index in [1.165, 1.54) is 5.57 Å². The fraction of sp³-hybridized carbons (Fsp3) is 0.773. The third-order valence-corrected chi connectivity index (χ3v) is 6.10. The quantitative estimate of drug-likeness (QED) is 0.652. The number of rotatable bonds is 8. The van der Waals surface area contributed by atoms with E-state index in [1.807, 2.05) is 6.92 Å². The van der Waals surface area contributed by atoms with Crippen LogP contribution in [-0.4, -0.2) is 43.3 Å². The molecule has 1 N–H and O–H groups in total. The summed E-state index contributed by atoms with van der Waals surface area (Å²) in [4.78, 5) is 11.4. The zero-order valence-electron chi connectivity index (χ0n) is 16.5.